The van der Waals surface area contributed by atoms with Gasteiger partial charge in [0.2, 0.25) is 0 Å². The summed E-state index contributed by atoms with van der Waals surface area (Å²) in [5.41, 5.74) is 13.9. The molecule has 5 nitrogen and oxygen atoms in total. The average molecular weight is 760 g/mol. The van der Waals surface area contributed by atoms with Crippen LogP contribution < -0.4 is 0 Å². The van der Waals surface area contributed by atoms with Crippen LogP contribution in [0.3, 0.4) is 0 Å². The summed E-state index contributed by atoms with van der Waals surface area (Å²) in [6.07, 6.45) is 1.83. The van der Waals surface area contributed by atoms with Crippen molar-refractivity contribution in [3.63, 3.8) is 0 Å². The summed E-state index contributed by atoms with van der Waals surface area (Å²) in [5, 5.41) is 14.6. The highest BCUT2D eigenvalue weighted by Gasteiger charge is 2.30. The molecular formula is C53H49N3O2. The fourth-order valence-electron chi connectivity index (χ4n) is 8.41. The number of phenols is 1. The number of aromatic nitrogens is 3. The summed E-state index contributed by atoms with van der Waals surface area (Å²) in [6, 6.07) is 46.5. The van der Waals surface area contributed by atoms with Gasteiger partial charge in [-0.3, -0.25) is 9.55 Å². The second-order valence-electron chi connectivity index (χ2n) is 17.8. The first-order valence-corrected chi connectivity index (χ1v) is 20.2. The molecule has 0 spiro atoms. The third-order valence-corrected chi connectivity index (χ3v) is 11.4. The first-order valence-electron chi connectivity index (χ1n) is 20.2. The number of aromatic hydroxyl groups is 1. The van der Waals surface area contributed by atoms with E-state index in [1.165, 1.54) is 5.56 Å². The molecule has 58 heavy (non-hydrogen) atoms. The molecular weight excluding hydrogens is 711 g/mol. The molecule has 0 aliphatic carbocycles. The van der Waals surface area contributed by atoms with E-state index in [1.54, 1.807) is 0 Å². The lowest BCUT2D eigenvalue weighted by atomic mass is 9.79. The maximum atomic E-state index is 12.5. The number of pyridine rings is 1. The zero-order valence-electron chi connectivity index (χ0n) is 34.6. The number of hydrogen-bond donors (Lipinski definition) is 1. The molecule has 0 atom stereocenters. The number of furan rings is 1. The van der Waals surface area contributed by atoms with E-state index in [9.17, 15) is 5.11 Å². The van der Waals surface area contributed by atoms with Crippen molar-refractivity contribution in [3.05, 3.63) is 156 Å². The number of para-hydroxylation sites is 3. The van der Waals surface area contributed by atoms with Gasteiger partial charge < -0.3 is 9.52 Å². The number of benzene rings is 6. The predicted molar refractivity (Wildman–Crippen MR) is 241 cm³/mol. The van der Waals surface area contributed by atoms with E-state index >= 15 is 0 Å². The summed E-state index contributed by atoms with van der Waals surface area (Å²) in [5.74, 6) is 1.14. The highest BCUT2D eigenvalue weighted by atomic mass is 16.3. The Morgan fingerprint density at radius 2 is 1.34 bits per heavy atom. The van der Waals surface area contributed by atoms with Gasteiger partial charge >= 0.3 is 0 Å². The van der Waals surface area contributed by atoms with E-state index in [1.807, 2.05) is 36.5 Å². The second-order valence-corrected chi connectivity index (χ2v) is 17.8. The molecule has 0 radical (unpaired) electrons. The molecule has 288 valence electrons. The minimum Gasteiger partial charge on any atom is -0.507 e. The molecule has 0 aliphatic heterocycles. The molecule has 6 aromatic carbocycles. The maximum Gasteiger partial charge on any atom is 0.149 e. The second kappa shape index (κ2) is 13.9. The first kappa shape index (κ1) is 37.1. The van der Waals surface area contributed by atoms with Gasteiger partial charge in [-0.1, -0.05) is 146 Å². The van der Waals surface area contributed by atoms with Crippen LogP contribution in [0.25, 0.3) is 83.6 Å². The lowest BCUT2D eigenvalue weighted by molar-refractivity contribution is 0.446. The summed E-state index contributed by atoms with van der Waals surface area (Å²) >= 11 is 0. The Kier molecular flexibility index (Phi) is 8.89. The van der Waals surface area contributed by atoms with Crippen molar-refractivity contribution in [2.24, 2.45) is 0 Å². The lowest BCUT2D eigenvalue weighted by Crippen LogP contribution is -2.17. The van der Waals surface area contributed by atoms with E-state index in [4.69, 9.17) is 14.4 Å². The largest absolute Gasteiger partial charge is 0.507 e. The summed E-state index contributed by atoms with van der Waals surface area (Å²) in [6.45, 7) is 17.7. The Bertz CT molecular complexity index is 2990. The summed E-state index contributed by atoms with van der Waals surface area (Å²) in [4.78, 5) is 10.5. The van der Waals surface area contributed by atoms with Gasteiger partial charge in [0, 0.05) is 39.2 Å². The van der Waals surface area contributed by atoms with Gasteiger partial charge in [-0.15, -0.1) is 0 Å². The van der Waals surface area contributed by atoms with Gasteiger partial charge in [-0.2, -0.15) is 0 Å². The minimum atomic E-state index is -0.326. The molecule has 3 heterocycles. The molecule has 0 saturated carbocycles. The highest BCUT2D eigenvalue weighted by molar-refractivity contribution is 6.16. The maximum absolute atomic E-state index is 12.5. The Morgan fingerprint density at radius 3 is 2.07 bits per heavy atom. The van der Waals surface area contributed by atoms with E-state index in [0.29, 0.717) is 11.4 Å². The van der Waals surface area contributed by atoms with Crippen LogP contribution in [-0.4, -0.2) is 19.6 Å². The van der Waals surface area contributed by atoms with Gasteiger partial charge in [-0.25, -0.2) is 4.98 Å². The van der Waals surface area contributed by atoms with E-state index < -0.39 is 0 Å². The number of hydrogen-bond acceptors (Lipinski definition) is 4. The Labute approximate surface area is 340 Å². The fourth-order valence-corrected chi connectivity index (χ4v) is 8.41. The lowest BCUT2D eigenvalue weighted by Gasteiger charge is -2.28. The van der Waals surface area contributed by atoms with Gasteiger partial charge in [0.25, 0.3) is 0 Å². The van der Waals surface area contributed by atoms with Crippen molar-refractivity contribution in [1.29, 1.82) is 0 Å². The smallest absolute Gasteiger partial charge is 0.149 e. The Balaban J connectivity index is 1.46. The Morgan fingerprint density at radius 1 is 0.621 bits per heavy atom. The van der Waals surface area contributed by atoms with Crippen molar-refractivity contribution in [3.8, 4) is 56.3 Å². The number of nitrogens with zero attached hydrogens (tertiary/aromatic N) is 3. The van der Waals surface area contributed by atoms with Crippen molar-refractivity contribution < 1.29 is 9.52 Å². The monoisotopic (exact) mass is 759 g/mol. The number of fused-ring (bicyclic) bond motifs is 4. The van der Waals surface area contributed by atoms with Crippen LogP contribution in [0.1, 0.15) is 78.0 Å². The van der Waals surface area contributed by atoms with Crippen molar-refractivity contribution in [2.75, 3.05) is 0 Å². The van der Waals surface area contributed by atoms with Crippen molar-refractivity contribution in [1.82, 2.24) is 14.5 Å². The predicted octanol–water partition coefficient (Wildman–Crippen LogP) is 14.4. The molecule has 0 aliphatic rings. The van der Waals surface area contributed by atoms with E-state index in [0.717, 1.165) is 83.3 Å². The van der Waals surface area contributed by atoms with Crippen LogP contribution in [0, 0.1) is 0 Å². The molecule has 5 heteroatoms. The van der Waals surface area contributed by atoms with Gasteiger partial charge in [0.1, 0.15) is 22.7 Å². The molecule has 0 amide bonds. The average Bonchev–Trinajstić information content (AvgIpc) is 3.79. The highest BCUT2D eigenvalue weighted by Crippen LogP contribution is 2.48. The number of imidazole rings is 1. The summed E-state index contributed by atoms with van der Waals surface area (Å²) in [7, 11) is 0. The van der Waals surface area contributed by atoms with Crippen LogP contribution in [0.5, 0.6) is 5.75 Å². The molecule has 9 rings (SSSR count). The molecule has 0 unspecified atom stereocenters. The van der Waals surface area contributed by atoms with Gasteiger partial charge in [-0.05, 0) is 81.5 Å². The van der Waals surface area contributed by atoms with Crippen LogP contribution in [0.4, 0.5) is 0 Å². The number of rotatable bonds is 6. The normalized spacial score (nSPS) is 12.4. The van der Waals surface area contributed by atoms with Crippen LogP contribution >= 0.6 is 0 Å². The standard InChI is InChI=1S/C53H49N3O2/c1-32(2)36-21-16-22-37(33-18-10-9-11-19-33)49(36)56-44-25-17-23-38(48(44)55-51(56)41-30-35(52(3,4)5)31-42(50(41)57)53(6,7)8)40-28-34(43-24-14-15-27-54-43)29-46-47(40)39-20-12-13-26-45(39)58-46/h9-32,57H,1-8H3. The molecule has 9 aromatic rings. The Hall–Kier alpha value is -6.46. The van der Waals surface area contributed by atoms with Gasteiger partial charge in [0.05, 0.1) is 28.0 Å². The third kappa shape index (κ3) is 6.26. The SMILES string of the molecule is CC(C)c1cccc(-c2ccccc2)c1-n1c(-c2cc(C(C)(C)C)cc(C(C)(C)C)c2O)nc2c(-c3cc(-c4ccccn4)cc4oc5ccccc5c34)cccc21. The molecule has 0 saturated heterocycles. The molecule has 3 aromatic heterocycles. The fraction of sp³-hybridized carbons (Fsp3) is 0.208. The zero-order chi connectivity index (χ0) is 40.5. The minimum absolute atomic E-state index is 0.185. The quantitative estimate of drug-likeness (QED) is 0.183. The first-order chi connectivity index (χ1) is 27.8. The third-order valence-electron chi connectivity index (χ3n) is 11.4. The van der Waals surface area contributed by atoms with E-state index in [-0.39, 0.29) is 22.5 Å². The van der Waals surface area contributed by atoms with Crippen molar-refractivity contribution in [2.45, 2.75) is 72.1 Å². The molecule has 1 N–H and O–H groups in total. The van der Waals surface area contributed by atoms with Crippen LogP contribution in [-0.2, 0) is 10.8 Å². The summed E-state index contributed by atoms with van der Waals surface area (Å²) < 4.78 is 8.90. The van der Waals surface area contributed by atoms with Crippen LogP contribution in [0.2, 0.25) is 0 Å². The van der Waals surface area contributed by atoms with Crippen LogP contribution in [0.15, 0.2) is 144 Å². The topological polar surface area (TPSA) is 64.1 Å². The molecule has 0 fully saturated rings. The van der Waals surface area contributed by atoms with E-state index in [2.05, 4.69) is 163 Å². The zero-order valence-corrected chi connectivity index (χ0v) is 34.6. The van der Waals surface area contributed by atoms with Crippen molar-refractivity contribution >= 4 is 33.0 Å². The molecule has 0 bridgehead atoms. The number of phenolic OH excluding ortho intramolecular Hbond substituents is 1. The van der Waals surface area contributed by atoms with Gasteiger partial charge in [0.15, 0.2) is 0 Å².